The Balaban J connectivity index is 0.00000320. The van der Waals surface area contributed by atoms with E-state index in [1.54, 1.807) is 41.8 Å². The summed E-state index contributed by atoms with van der Waals surface area (Å²) >= 11 is 12.4. The summed E-state index contributed by atoms with van der Waals surface area (Å²) in [7, 11) is 0. The largest absolute Gasteiger partial charge is 0.478 e. The molecule has 0 bridgehead atoms. The summed E-state index contributed by atoms with van der Waals surface area (Å²) in [5.41, 5.74) is 2.30. The molecule has 1 heterocycles. The van der Waals surface area contributed by atoms with Crippen LogP contribution in [0.2, 0.25) is 10.0 Å². The number of aromatic nitrogens is 2. The van der Waals surface area contributed by atoms with Gasteiger partial charge in [0.05, 0.1) is 27.3 Å². The highest BCUT2D eigenvalue weighted by Gasteiger charge is 2.21. The molecule has 0 aliphatic heterocycles. The smallest absolute Gasteiger partial charge is 0.335 e. The second kappa shape index (κ2) is 9.88. The number of carboxylic acid groups (broad SMARTS) is 1. The fourth-order valence-electron chi connectivity index (χ4n) is 3.58. The molecule has 0 radical (unpaired) electrons. The van der Waals surface area contributed by atoms with Crippen molar-refractivity contribution < 1.29 is 9.90 Å². The Morgan fingerprint density at radius 1 is 1.13 bits per heavy atom. The van der Waals surface area contributed by atoms with Crippen LogP contribution in [-0.2, 0) is 6.54 Å². The zero-order valence-corrected chi connectivity index (χ0v) is 19.3. The lowest BCUT2D eigenvalue weighted by Gasteiger charge is -2.18. The molecule has 0 spiro atoms. The minimum Gasteiger partial charge on any atom is -0.478 e. The van der Waals surface area contributed by atoms with Crippen molar-refractivity contribution in [2.75, 3.05) is 19.6 Å². The summed E-state index contributed by atoms with van der Waals surface area (Å²) in [6.07, 6.45) is 0. The van der Waals surface area contributed by atoms with Crippen LogP contribution in [0.15, 0.2) is 35.1 Å². The third kappa shape index (κ3) is 4.52. The fraction of sp³-hybridized carbons (Fsp3) is 0.333. The lowest BCUT2D eigenvalue weighted by Crippen LogP contribution is -2.31. The number of hydrogen-bond donors (Lipinski definition) is 1. The highest BCUT2D eigenvalue weighted by molar-refractivity contribution is 6.35. The maximum atomic E-state index is 13.4. The second-order valence-electron chi connectivity index (χ2n) is 6.86. The van der Waals surface area contributed by atoms with Crippen LogP contribution in [0, 0.1) is 6.92 Å². The summed E-state index contributed by atoms with van der Waals surface area (Å²) < 4.78 is 3.16. The Morgan fingerprint density at radius 2 is 1.80 bits per heavy atom. The molecule has 0 amide bonds. The fourth-order valence-corrected chi connectivity index (χ4v) is 4.08. The molecule has 0 saturated carbocycles. The molecule has 0 aliphatic carbocycles. The molecule has 0 unspecified atom stereocenters. The van der Waals surface area contributed by atoms with Crippen LogP contribution in [0.25, 0.3) is 16.7 Å². The van der Waals surface area contributed by atoms with Crippen LogP contribution < -0.4 is 5.69 Å². The number of fused-ring (bicyclic) bond motifs is 1. The van der Waals surface area contributed by atoms with Crippen molar-refractivity contribution in [2.24, 2.45) is 0 Å². The molecule has 0 saturated heterocycles. The van der Waals surface area contributed by atoms with E-state index in [0.29, 0.717) is 45.4 Å². The first-order valence-electron chi connectivity index (χ1n) is 9.45. The van der Waals surface area contributed by atoms with Gasteiger partial charge in [0.2, 0.25) is 0 Å². The van der Waals surface area contributed by atoms with Gasteiger partial charge in [-0.05, 0) is 55.9 Å². The Morgan fingerprint density at radius 3 is 2.37 bits per heavy atom. The molecule has 30 heavy (non-hydrogen) atoms. The average Bonchev–Trinajstić information content (AvgIpc) is 2.95. The quantitative estimate of drug-likeness (QED) is 0.533. The SMILES string of the molecule is CCN(CC)CCn1c(=O)n(-c2ccc(Cl)cc2Cl)c2c(C)cc(C(=O)O)cc21.Cl. The van der Waals surface area contributed by atoms with Crippen LogP contribution in [0.5, 0.6) is 0 Å². The normalized spacial score (nSPS) is 11.1. The van der Waals surface area contributed by atoms with E-state index in [0.717, 1.165) is 13.1 Å². The van der Waals surface area contributed by atoms with Gasteiger partial charge in [-0.25, -0.2) is 9.59 Å². The van der Waals surface area contributed by atoms with Crippen LogP contribution in [0.3, 0.4) is 0 Å². The first kappa shape index (κ1) is 24.3. The predicted octanol–water partition coefficient (Wildman–Crippen LogP) is 4.87. The molecule has 1 N–H and O–H groups in total. The van der Waals surface area contributed by atoms with E-state index in [1.807, 2.05) is 0 Å². The van der Waals surface area contributed by atoms with Gasteiger partial charge in [0, 0.05) is 18.1 Å². The Bertz CT molecular complexity index is 1130. The van der Waals surface area contributed by atoms with E-state index in [-0.39, 0.29) is 23.7 Å². The van der Waals surface area contributed by atoms with Crippen molar-refractivity contribution in [1.29, 1.82) is 0 Å². The van der Waals surface area contributed by atoms with Gasteiger partial charge in [-0.3, -0.25) is 9.13 Å². The zero-order valence-electron chi connectivity index (χ0n) is 17.0. The number of rotatable bonds is 7. The van der Waals surface area contributed by atoms with Crippen LogP contribution in [-0.4, -0.2) is 44.7 Å². The summed E-state index contributed by atoms with van der Waals surface area (Å²) in [4.78, 5) is 27.2. The maximum Gasteiger partial charge on any atom is 0.335 e. The number of likely N-dealkylation sites (N-methyl/N-ethyl adjacent to an activating group) is 1. The number of hydrogen-bond acceptors (Lipinski definition) is 3. The molecule has 2 aromatic carbocycles. The van der Waals surface area contributed by atoms with Crippen molar-refractivity contribution in [2.45, 2.75) is 27.3 Å². The lowest BCUT2D eigenvalue weighted by atomic mass is 10.1. The van der Waals surface area contributed by atoms with Gasteiger partial charge in [0.25, 0.3) is 0 Å². The van der Waals surface area contributed by atoms with Crippen molar-refractivity contribution in [1.82, 2.24) is 14.0 Å². The van der Waals surface area contributed by atoms with Gasteiger partial charge in [0.15, 0.2) is 0 Å². The Labute approximate surface area is 191 Å². The molecule has 6 nitrogen and oxygen atoms in total. The second-order valence-corrected chi connectivity index (χ2v) is 7.70. The van der Waals surface area contributed by atoms with E-state index >= 15 is 0 Å². The summed E-state index contributed by atoms with van der Waals surface area (Å²) in [6, 6.07) is 8.08. The van der Waals surface area contributed by atoms with E-state index < -0.39 is 5.97 Å². The first-order chi connectivity index (χ1) is 13.8. The number of nitrogens with zero attached hydrogens (tertiary/aromatic N) is 3. The number of benzene rings is 2. The van der Waals surface area contributed by atoms with Crippen molar-refractivity contribution in [3.05, 3.63) is 62.0 Å². The van der Waals surface area contributed by atoms with Crippen LogP contribution >= 0.6 is 35.6 Å². The van der Waals surface area contributed by atoms with Gasteiger partial charge in [0.1, 0.15) is 0 Å². The minimum atomic E-state index is -1.03. The summed E-state index contributed by atoms with van der Waals surface area (Å²) in [5.74, 6) is -1.03. The molecule has 0 atom stereocenters. The van der Waals surface area contributed by atoms with Gasteiger partial charge >= 0.3 is 11.7 Å². The molecular weight excluding hydrogens is 449 g/mol. The third-order valence-corrected chi connectivity index (χ3v) is 5.69. The number of aromatic carboxylic acids is 1. The molecule has 3 aromatic rings. The van der Waals surface area contributed by atoms with E-state index in [4.69, 9.17) is 23.2 Å². The average molecular weight is 473 g/mol. The molecule has 3 rings (SSSR count). The number of carboxylic acids is 1. The number of carbonyl (C=O) groups is 1. The van der Waals surface area contributed by atoms with Gasteiger partial charge < -0.3 is 10.0 Å². The molecule has 0 aliphatic rings. The van der Waals surface area contributed by atoms with Gasteiger partial charge in [-0.2, -0.15) is 0 Å². The monoisotopic (exact) mass is 471 g/mol. The molecule has 0 fully saturated rings. The summed E-state index contributed by atoms with van der Waals surface area (Å²) in [6.45, 7) is 8.78. The molecule has 1 aromatic heterocycles. The zero-order chi connectivity index (χ0) is 21.3. The highest BCUT2D eigenvalue weighted by atomic mass is 35.5. The number of imidazole rings is 1. The first-order valence-corrected chi connectivity index (χ1v) is 10.2. The van der Waals surface area contributed by atoms with E-state index in [2.05, 4.69) is 18.7 Å². The van der Waals surface area contributed by atoms with Gasteiger partial charge in [-0.1, -0.05) is 37.0 Å². The molecule has 162 valence electrons. The predicted molar refractivity (Wildman–Crippen MR) is 124 cm³/mol. The van der Waals surface area contributed by atoms with Crippen LogP contribution in [0.1, 0.15) is 29.8 Å². The third-order valence-electron chi connectivity index (χ3n) is 5.15. The number of halogens is 3. The molecular formula is C21H24Cl3N3O3. The number of aryl methyl sites for hydroxylation is 1. The van der Waals surface area contributed by atoms with Crippen molar-refractivity contribution in [3.8, 4) is 5.69 Å². The van der Waals surface area contributed by atoms with E-state index in [1.165, 1.54) is 4.57 Å². The van der Waals surface area contributed by atoms with Crippen molar-refractivity contribution in [3.63, 3.8) is 0 Å². The topological polar surface area (TPSA) is 67.5 Å². The van der Waals surface area contributed by atoms with E-state index in [9.17, 15) is 14.7 Å². The Kier molecular flexibility index (Phi) is 7.99. The lowest BCUT2D eigenvalue weighted by molar-refractivity contribution is 0.0697. The van der Waals surface area contributed by atoms with Crippen LogP contribution in [0.4, 0.5) is 0 Å². The summed E-state index contributed by atoms with van der Waals surface area (Å²) in [5, 5.41) is 10.3. The van der Waals surface area contributed by atoms with Gasteiger partial charge in [-0.15, -0.1) is 12.4 Å². The minimum absolute atomic E-state index is 0. The highest BCUT2D eigenvalue weighted by Crippen LogP contribution is 2.29. The Hall–Kier alpha value is -1.99. The maximum absolute atomic E-state index is 13.4. The van der Waals surface area contributed by atoms with Crippen molar-refractivity contribution >= 4 is 52.6 Å². The standard InChI is InChI=1S/C21H23Cl2N3O3.ClH/c1-4-24(5-2)8-9-25-18-11-14(20(27)28)10-13(3)19(18)26(21(25)29)17-7-6-15(22)12-16(17)23;/h6-7,10-12H,4-5,8-9H2,1-3H3,(H,27,28);1H. The molecule has 9 heteroatoms.